The van der Waals surface area contributed by atoms with Crippen LogP contribution in [-0.2, 0) is 6.18 Å². The highest BCUT2D eigenvalue weighted by molar-refractivity contribution is 5.98. The minimum absolute atomic E-state index is 0.0889. The van der Waals surface area contributed by atoms with Crippen LogP contribution in [0.3, 0.4) is 0 Å². The summed E-state index contributed by atoms with van der Waals surface area (Å²) in [5.74, 6) is 0.133. The van der Waals surface area contributed by atoms with Gasteiger partial charge >= 0.3 is 6.18 Å². The van der Waals surface area contributed by atoms with Gasteiger partial charge in [-0.25, -0.2) is 9.97 Å². The van der Waals surface area contributed by atoms with Crippen LogP contribution in [0.25, 0.3) is 5.69 Å². The molecular weight excluding hydrogens is 447 g/mol. The van der Waals surface area contributed by atoms with Crippen molar-refractivity contribution in [2.45, 2.75) is 45.8 Å². The molecule has 0 spiro atoms. The highest BCUT2D eigenvalue weighted by Gasteiger charge is 2.34. The van der Waals surface area contributed by atoms with E-state index in [0.29, 0.717) is 24.3 Å². The highest BCUT2D eigenvalue weighted by atomic mass is 19.4. The first-order valence-corrected chi connectivity index (χ1v) is 11.1. The Morgan fingerprint density at radius 1 is 1.15 bits per heavy atom. The molecule has 3 heterocycles. The van der Waals surface area contributed by atoms with Gasteiger partial charge in [0.2, 0.25) is 5.95 Å². The van der Waals surface area contributed by atoms with Crippen LogP contribution < -0.4 is 5.32 Å². The zero-order valence-corrected chi connectivity index (χ0v) is 19.2. The zero-order chi connectivity index (χ0) is 24.5. The van der Waals surface area contributed by atoms with E-state index in [4.69, 9.17) is 0 Å². The fourth-order valence-electron chi connectivity index (χ4n) is 4.45. The predicted octanol–water partition coefficient (Wildman–Crippen LogP) is 4.05. The predicted molar refractivity (Wildman–Crippen MR) is 120 cm³/mol. The van der Waals surface area contributed by atoms with Crippen LogP contribution in [0, 0.1) is 19.8 Å². The van der Waals surface area contributed by atoms with Crippen LogP contribution in [0.2, 0.25) is 0 Å². The first-order valence-electron chi connectivity index (χ1n) is 11.1. The molecule has 1 N–H and O–H groups in total. The Hall–Kier alpha value is -3.50. The van der Waals surface area contributed by atoms with Crippen molar-refractivity contribution in [2.75, 3.05) is 18.4 Å². The number of aromatic nitrogens is 5. The second-order valence-corrected chi connectivity index (χ2v) is 8.66. The molecule has 1 saturated heterocycles. The number of rotatable bonds is 5. The van der Waals surface area contributed by atoms with Gasteiger partial charge in [-0.05, 0) is 49.8 Å². The van der Waals surface area contributed by atoms with Gasteiger partial charge in [0.25, 0.3) is 5.91 Å². The molecule has 2 aromatic heterocycles. The number of carbonyl (C=O) groups is 1. The lowest BCUT2D eigenvalue weighted by Gasteiger charge is -2.40. The smallest absolute Gasteiger partial charge is 0.352 e. The normalized spacial score (nSPS) is 18.7. The van der Waals surface area contributed by atoms with Crippen molar-refractivity contribution in [3.8, 4) is 5.69 Å². The molecule has 2 atom stereocenters. The molecule has 1 aliphatic rings. The summed E-state index contributed by atoms with van der Waals surface area (Å²) < 4.78 is 38.4. The van der Waals surface area contributed by atoms with Crippen LogP contribution in [0.5, 0.6) is 0 Å². The number of anilines is 1. The van der Waals surface area contributed by atoms with Crippen molar-refractivity contribution in [3.05, 3.63) is 59.2 Å². The lowest BCUT2D eigenvalue weighted by atomic mass is 9.89. The van der Waals surface area contributed by atoms with Crippen molar-refractivity contribution >= 4 is 11.9 Å². The van der Waals surface area contributed by atoms with Crippen molar-refractivity contribution < 1.29 is 18.0 Å². The van der Waals surface area contributed by atoms with Crippen LogP contribution in [0.15, 0.2) is 36.9 Å². The van der Waals surface area contributed by atoms with Crippen molar-refractivity contribution in [3.63, 3.8) is 0 Å². The molecule has 34 heavy (non-hydrogen) atoms. The fourth-order valence-corrected chi connectivity index (χ4v) is 4.45. The number of amides is 1. The Morgan fingerprint density at radius 2 is 1.82 bits per heavy atom. The molecule has 1 aliphatic heterocycles. The van der Waals surface area contributed by atoms with E-state index < -0.39 is 11.7 Å². The number of halogens is 3. The van der Waals surface area contributed by atoms with Gasteiger partial charge in [0.15, 0.2) is 0 Å². The SMILES string of the molecule is Cc1cc(C)c(-n2nccn2)c(C(=O)N2CCCC(C)C2CNc2ncc(C(F)(F)F)cn2)c1. The Labute approximate surface area is 195 Å². The van der Waals surface area contributed by atoms with Crippen LogP contribution in [-0.4, -0.2) is 54.9 Å². The summed E-state index contributed by atoms with van der Waals surface area (Å²) in [4.78, 5) is 24.7. The van der Waals surface area contributed by atoms with Gasteiger partial charge in [0.1, 0.15) is 5.69 Å². The molecule has 8 nitrogen and oxygen atoms in total. The molecule has 1 aromatic carbocycles. The average Bonchev–Trinajstić information content (AvgIpc) is 3.31. The van der Waals surface area contributed by atoms with Gasteiger partial charge in [-0.2, -0.15) is 28.2 Å². The van der Waals surface area contributed by atoms with Crippen LogP contribution in [0.4, 0.5) is 19.1 Å². The molecule has 0 bridgehead atoms. The third-order valence-electron chi connectivity index (χ3n) is 6.12. The van der Waals surface area contributed by atoms with Gasteiger partial charge in [0, 0.05) is 25.5 Å². The van der Waals surface area contributed by atoms with Gasteiger partial charge in [0.05, 0.1) is 29.6 Å². The van der Waals surface area contributed by atoms with Crippen molar-refractivity contribution in [1.29, 1.82) is 0 Å². The summed E-state index contributed by atoms with van der Waals surface area (Å²) in [6.45, 7) is 6.81. The number of nitrogens with zero attached hydrogens (tertiary/aromatic N) is 6. The largest absolute Gasteiger partial charge is 0.419 e. The lowest BCUT2D eigenvalue weighted by molar-refractivity contribution is -0.138. The van der Waals surface area contributed by atoms with E-state index in [-0.39, 0.29) is 23.8 Å². The summed E-state index contributed by atoms with van der Waals surface area (Å²) in [6.07, 6.45) is 1.93. The molecule has 0 radical (unpaired) electrons. The first-order chi connectivity index (χ1) is 16.1. The van der Waals surface area contributed by atoms with E-state index in [1.165, 1.54) is 4.80 Å². The monoisotopic (exact) mass is 473 g/mol. The minimum Gasteiger partial charge on any atom is -0.352 e. The third-order valence-corrected chi connectivity index (χ3v) is 6.12. The lowest BCUT2D eigenvalue weighted by Crippen LogP contribution is -2.51. The van der Waals surface area contributed by atoms with Crippen LogP contribution >= 0.6 is 0 Å². The molecule has 2 unspecified atom stereocenters. The number of carbonyl (C=O) groups excluding carboxylic acids is 1. The maximum atomic E-state index is 13.8. The summed E-state index contributed by atoms with van der Waals surface area (Å²) >= 11 is 0. The Bertz CT molecular complexity index is 1150. The third kappa shape index (κ3) is 4.87. The Kier molecular flexibility index (Phi) is 6.54. The number of hydrogen-bond donors (Lipinski definition) is 1. The first kappa shape index (κ1) is 23.7. The Morgan fingerprint density at radius 3 is 2.47 bits per heavy atom. The van der Waals surface area contributed by atoms with Crippen molar-refractivity contribution in [2.24, 2.45) is 5.92 Å². The maximum absolute atomic E-state index is 13.8. The van der Waals surface area contributed by atoms with Gasteiger partial charge in [-0.1, -0.05) is 13.0 Å². The molecule has 3 aromatic rings. The quantitative estimate of drug-likeness (QED) is 0.602. The number of hydrogen-bond acceptors (Lipinski definition) is 6. The molecule has 1 amide bonds. The number of alkyl halides is 3. The van der Waals surface area contributed by atoms with E-state index in [0.717, 1.165) is 36.4 Å². The number of likely N-dealkylation sites (tertiary alicyclic amines) is 1. The van der Waals surface area contributed by atoms with Crippen LogP contribution in [0.1, 0.15) is 46.8 Å². The van der Waals surface area contributed by atoms with Gasteiger partial charge < -0.3 is 10.2 Å². The minimum atomic E-state index is -4.49. The molecule has 180 valence electrons. The highest BCUT2D eigenvalue weighted by Crippen LogP contribution is 2.30. The number of nitrogens with one attached hydrogen (secondary N) is 1. The van der Waals surface area contributed by atoms with Gasteiger partial charge in [-0.3, -0.25) is 4.79 Å². The fraction of sp³-hybridized carbons (Fsp3) is 0.435. The zero-order valence-electron chi connectivity index (χ0n) is 19.2. The second kappa shape index (κ2) is 9.40. The topological polar surface area (TPSA) is 88.8 Å². The average molecular weight is 474 g/mol. The molecular formula is C23H26F3N7O. The second-order valence-electron chi connectivity index (χ2n) is 8.66. The summed E-state index contributed by atoms with van der Waals surface area (Å²) in [5, 5.41) is 11.5. The van der Waals surface area contributed by atoms with E-state index in [1.807, 2.05) is 30.9 Å². The van der Waals surface area contributed by atoms with E-state index in [2.05, 4.69) is 32.4 Å². The van der Waals surface area contributed by atoms with Crippen molar-refractivity contribution in [1.82, 2.24) is 29.9 Å². The maximum Gasteiger partial charge on any atom is 0.419 e. The summed E-state index contributed by atoms with van der Waals surface area (Å²) in [7, 11) is 0. The molecule has 0 aliphatic carbocycles. The summed E-state index contributed by atoms with van der Waals surface area (Å²) in [5.41, 5.74) is 2.08. The molecule has 11 heteroatoms. The standard InChI is InChI=1S/C23H26F3N7O/c1-14-9-16(3)20(33-30-6-7-31-33)18(10-14)21(34)32-8-4-5-15(2)19(32)13-29-22-27-11-17(12-28-22)23(24,25)26/h6-7,9-12,15,19H,4-5,8,13H2,1-3H3,(H,27,28,29). The Balaban J connectivity index is 1.59. The molecule has 0 saturated carbocycles. The van der Waals surface area contributed by atoms with E-state index in [9.17, 15) is 18.0 Å². The van der Waals surface area contributed by atoms with E-state index in [1.54, 1.807) is 12.4 Å². The number of piperidine rings is 1. The van der Waals surface area contributed by atoms with E-state index >= 15 is 0 Å². The number of benzene rings is 1. The molecule has 4 rings (SSSR count). The van der Waals surface area contributed by atoms with Gasteiger partial charge in [-0.15, -0.1) is 0 Å². The summed E-state index contributed by atoms with van der Waals surface area (Å²) in [6, 6.07) is 3.64. The molecule has 1 fully saturated rings. The number of aryl methyl sites for hydroxylation is 2.